The highest BCUT2D eigenvalue weighted by molar-refractivity contribution is 8.18. The predicted molar refractivity (Wildman–Crippen MR) is 89.8 cm³/mol. The number of carbonyl (C=O) groups is 2. The van der Waals surface area contributed by atoms with Gasteiger partial charge in [0.05, 0.1) is 4.91 Å². The molecule has 1 heterocycles. The maximum Gasteiger partial charge on any atom is 0.339 e. The molecule has 0 radical (unpaired) electrons. The van der Waals surface area contributed by atoms with Gasteiger partial charge in [-0.3, -0.25) is 14.9 Å². The van der Waals surface area contributed by atoms with E-state index in [1.807, 2.05) is 0 Å². The lowest BCUT2D eigenvalue weighted by Crippen LogP contribution is -2.17. The van der Waals surface area contributed by atoms with Gasteiger partial charge in [0.25, 0.3) is 11.1 Å². The Kier molecular flexibility index (Phi) is 4.41. The van der Waals surface area contributed by atoms with Gasteiger partial charge in [0, 0.05) is 0 Å². The zero-order valence-corrected chi connectivity index (χ0v) is 13.8. The van der Waals surface area contributed by atoms with E-state index in [1.54, 1.807) is 30.3 Å². The number of hydrogen-bond acceptors (Lipinski definition) is 6. The lowest BCUT2D eigenvalue weighted by atomic mass is 10.2. The average Bonchev–Trinajstić information content (AvgIpc) is 2.86. The van der Waals surface area contributed by atoms with Crippen molar-refractivity contribution in [1.82, 2.24) is 5.32 Å². The number of hydrogen-bond donors (Lipinski definition) is 1. The van der Waals surface area contributed by atoms with Crippen LogP contribution in [0.3, 0.4) is 0 Å². The molecule has 122 valence electrons. The van der Waals surface area contributed by atoms with Crippen LogP contribution in [0.25, 0.3) is 6.08 Å². The third kappa shape index (κ3) is 3.66. The van der Waals surface area contributed by atoms with Crippen LogP contribution in [0.15, 0.2) is 64.4 Å². The molecule has 0 unspecified atom stereocenters. The van der Waals surface area contributed by atoms with Crippen LogP contribution in [-0.2, 0) is 14.9 Å². The maximum atomic E-state index is 12.2. The fourth-order valence-electron chi connectivity index (χ4n) is 1.99. The summed E-state index contributed by atoms with van der Waals surface area (Å²) in [5, 5.41) is 1.71. The standard InChI is InChI=1S/C16H11NO5S2/c18-15-14(23-16(19)17-15)10-11-5-4-6-12(9-11)22-24(20,21)13-7-2-1-3-8-13/h1-10H,(H,17,18,19)/b14-10-. The number of imide groups is 1. The van der Waals surface area contributed by atoms with E-state index in [4.69, 9.17) is 4.18 Å². The molecule has 6 nitrogen and oxygen atoms in total. The molecule has 1 saturated heterocycles. The number of thioether (sulfide) groups is 1. The molecule has 2 amide bonds. The van der Waals surface area contributed by atoms with Gasteiger partial charge < -0.3 is 4.18 Å². The monoisotopic (exact) mass is 361 g/mol. The summed E-state index contributed by atoms with van der Waals surface area (Å²) in [6.07, 6.45) is 1.49. The number of benzene rings is 2. The first-order chi connectivity index (χ1) is 11.4. The van der Waals surface area contributed by atoms with Crippen molar-refractivity contribution in [1.29, 1.82) is 0 Å². The fraction of sp³-hybridized carbons (Fsp3) is 0. The Labute approximate surface area is 142 Å². The molecule has 3 rings (SSSR count). The molecule has 0 bridgehead atoms. The molecule has 1 aliphatic heterocycles. The Hall–Kier alpha value is -2.58. The third-order valence-corrected chi connectivity index (χ3v) is 5.11. The molecule has 8 heteroatoms. The van der Waals surface area contributed by atoms with E-state index >= 15 is 0 Å². The normalized spacial score (nSPS) is 16.2. The Morgan fingerprint density at radius 1 is 1.00 bits per heavy atom. The molecular formula is C16H11NO5S2. The van der Waals surface area contributed by atoms with Gasteiger partial charge in [0.15, 0.2) is 0 Å². The van der Waals surface area contributed by atoms with Crippen LogP contribution >= 0.6 is 11.8 Å². The zero-order valence-electron chi connectivity index (χ0n) is 12.1. The summed E-state index contributed by atoms with van der Waals surface area (Å²) in [5.74, 6) is -0.365. The smallest absolute Gasteiger partial charge is 0.339 e. The van der Waals surface area contributed by atoms with Gasteiger partial charge in [0.1, 0.15) is 10.6 Å². The largest absolute Gasteiger partial charge is 0.379 e. The van der Waals surface area contributed by atoms with Crippen LogP contribution in [0, 0.1) is 0 Å². The summed E-state index contributed by atoms with van der Waals surface area (Å²) < 4.78 is 29.5. The fourth-order valence-corrected chi connectivity index (χ4v) is 3.62. The van der Waals surface area contributed by atoms with Crippen molar-refractivity contribution >= 4 is 39.1 Å². The summed E-state index contributed by atoms with van der Waals surface area (Å²) in [6.45, 7) is 0. The van der Waals surface area contributed by atoms with E-state index in [-0.39, 0.29) is 15.6 Å². The van der Waals surface area contributed by atoms with Crippen molar-refractivity contribution in [3.8, 4) is 5.75 Å². The first-order valence-corrected chi connectivity index (χ1v) is 9.01. The molecule has 1 fully saturated rings. The average molecular weight is 361 g/mol. The van der Waals surface area contributed by atoms with Gasteiger partial charge in [-0.15, -0.1) is 0 Å². The first kappa shape index (κ1) is 16.3. The molecule has 1 aliphatic rings. The second kappa shape index (κ2) is 6.50. The summed E-state index contributed by atoms with van der Waals surface area (Å²) in [5.41, 5.74) is 0.545. The van der Waals surface area contributed by atoms with E-state index in [0.29, 0.717) is 5.56 Å². The van der Waals surface area contributed by atoms with Crippen molar-refractivity contribution in [2.24, 2.45) is 0 Å². The molecule has 0 atom stereocenters. The van der Waals surface area contributed by atoms with Gasteiger partial charge in [-0.05, 0) is 47.7 Å². The summed E-state index contributed by atoms with van der Waals surface area (Å²) in [6, 6.07) is 14.0. The minimum absolute atomic E-state index is 0.0464. The molecule has 2 aromatic carbocycles. The van der Waals surface area contributed by atoms with Crippen molar-refractivity contribution in [3.63, 3.8) is 0 Å². The lowest BCUT2D eigenvalue weighted by molar-refractivity contribution is -0.115. The molecule has 1 N–H and O–H groups in total. The van der Waals surface area contributed by atoms with Crippen LogP contribution in [0.2, 0.25) is 0 Å². The Morgan fingerprint density at radius 3 is 2.42 bits per heavy atom. The third-order valence-electron chi connectivity index (χ3n) is 3.04. The van der Waals surface area contributed by atoms with Crippen molar-refractivity contribution < 1.29 is 22.2 Å². The number of nitrogens with one attached hydrogen (secondary N) is 1. The molecule has 0 aliphatic carbocycles. The maximum absolute atomic E-state index is 12.2. The second-order valence-electron chi connectivity index (χ2n) is 4.78. The molecular weight excluding hydrogens is 350 g/mol. The van der Waals surface area contributed by atoms with Crippen LogP contribution in [0.1, 0.15) is 5.56 Å². The van der Waals surface area contributed by atoms with E-state index < -0.39 is 21.3 Å². The Balaban J connectivity index is 1.85. The lowest BCUT2D eigenvalue weighted by Gasteiger charge is -2.07. The number of carbonyl (C=O) groups excluding carboxylic acids is 2. The molecule has 0 aromatic heterocycles. The first-order valence-electron chi connectivity index (χ1n) is 6.78. The number of amides is 2. The second-order valence-corrected chi connectivity index (χ2v) is 7.34. The van der Waals surface area contributed by atoms with Crippen LogP contribution in [0.4, 0.5) is 4.79 Å². The molecule has 0 saturated carbocycles. The quantitative estimate of drug-likeness (QED) is 0.665. The van der Waals surface area contributed by atoms with Gasteiger partial charge in [-0.1, -0.05) is 30.3 Å². The van der Waals surface area contributed by atoms with Crippen LogP contribution in [0.5, 0.6) is 5.75 Å². The van der Waals surface area contributed by atoms with Crippen LogP contribution in [-0.4, -0.2) is 19.6 Å². The highest BCUT2D eigenvalue weighted by Gasteiger charge is 2.25. The SMILES string of the molecule is O=C1NC(=O)/C(=C/c2cccc(OS(=O)(=O)c3ccccc3)c2)S1. The highest BCUT2D eigenvalue weighted by Crippen LogP contribution is 2.27. The van der Waals surface area contributed by atoms with Crippen molar-refractivity contribution in [3.05, 3.63) is 65.1 Å². The molecule has 2 aromatic rings. The van der Waals surface area contributed by atoms with Crippen LogP contribution < -0.4 is 9.50 Å². The molecule has 0 spiro atoms. The Bertz CT molecular complexity index is 936. The predicted octanol–water partition coefficient (Wildman–Crippen LogP) is 2.78. The number of rotatable bonds is 4. The Morgan fingerprint density at radius 2 is 1.75 bits per heavy atom. The van der Waals surface area contributed by atoms with E-state index in [1.165, 1.54) is 30.3 Å². The van der Waals surface area contributed by atoms with Crippen molar-refractivity contribution in [2.45, 2.75) is 4.90 Å². The highest BCUT2D eigenvalue weighted by atomic mass is 32.2. The summed E-state index contributed by atoms with van der Waals surface area (Å²) in [7, 11) is -3.94. The van der Waals surface area contributed by atoms with Gasteiger partial charge in [-0.25, -0.2) is 0 Å². The minimum atomic E-state index is -3.94. The van der Waals surface area contributed by atoms with Gasteiger partial charge in [0.2, 0.25) is 0 Å². The molecule has 24 heavy (non-hydrogen) atoms. The van der Waals surface area contributed by atoms with Gasteiger partial charge >= 0.3 is 10.1 Å². The van der Waals surface area contributed by atoms with E-state index in [2.05, 4.69) is 5.32 Å². The van der Waals surface area contributed by atoms with E-state index in [0.717, 1.165) is 11.8 Å². The van der Waals surface area contributed by atoms with Crippen molar-refractivity contribution in [2.75, 3.05) is 0 Å². The summed E-state index contributed by atoms with van der Waals surface area (Å²) in [4.78, 5) is 23.0. The summed E-state index contributed by atoms with van der Waals surface area (Å²) >= 11 is 0.787. The minimum Gasteiger partial charge on any atom is -0.379 e. The zero-order chi connectivity index (χ0) is 17.2. The van der Waals surface area contributed by atoms with E-state index in [9.17, 15) is 18.0 Å². The van der Waals surface area contributed by atoms with Gasteiger partial charge in [-0.2, -0.15) is 8.42 Å². The topological polar surface area (TPSA) is 89.5 Å².